The Balaban J connectivity index is 1.53. The van der Waals surface area contributed by atoms with Crippen LogP contribution in [0.25, 0.3) is 5.65 Å². The molecule has 6 rings (SSSR count). The first kappa shape index (κ1) is 19.7. The highest BCUT2D eigenvalue weighted by Gasteiger charge is 2.58. The summed E-state index contributed by atoms with van der Waals surface area (Å²) in [4.78, 5) is 15.8. The van der Waals surface area contributed by atoms with E-state index in [4.69, 9.17) is 16.7 Å². The summed E-state index contributed by atoms with van der Waals surface area (Å²) in [7, 11) is 1.95. The fourth-order valence-corrected chi connectivity index (χ4v) is 5.34. The highest BCUT2D eigenvalue weighted by molar-refractivity contribution is 6.30. The van der Waals surface area contributed by atoms with Crippen molar-refractivity contribution in [2.75, 3.05) is 11.9 Å². The van der Waals surface area contributed by atoms with Gasteiger partial charge in [-0.15, -0.1) is 10.2 Å². The van der Waals surface area contributed by atoms with Gasteiger partial charge in [-0.2, -0.15) is 5.10 Å². The average molecular weight is 453 g/mol. The Morgan fingerprint density at radius 1 is 1.19 bits per heavy atom. The molecule has 1 amide bonds. The van der Waals surface area contributed by atoms with Gasteiger partial charge in [-0.25, -0.2) is 4.39 Å². The number of halogens is 2. The topological polar surface area (TPSA) is 66.1 Å². The van der Waals surface area contributed by atoms with Crippen molar-refractivity contribution >= 4 is 34.6 Å². The number of benzene rings is 1. The van der Waals surface area contributed by atoms with E-state index in [2.05, 4.69) is 10.2 Å². The molecule has 0 bridgehead atoms. The van der Waals surface area contributed by atoms with Gasteiger partial charge in [0.25, 0.3) is 0 Å². The molecular formula is C23H22ClFN6O. The van der Waals surface area contributed by atoms with E-state index in [9.17, 15) is 9.18 Å². The number of hydrogen-bond acceptors (Lipinski definition) is 5. The van der Waals surface area contributed by atoms with Crippen molar-refractivity contribution in [2.24, 2.45) is 16.9 Å². The minimum Gasteiger partial charge on any atom is -0.301 e. The number of aryl methyl sites for hydroxylation is 1. The Bertz CT molecular complexity index is 1270. The monoisotopic (exact) mass is 452 g/mol. The minimum absolute atomic E-state index is 0.0265. The third-order valence-electron chi connectivity index (χ3n) is 6.82. The third-order valence-corrected chi connectivity index (χ3v) is 7.07. The summed E-state index contributed by atoms with van der Waals surface area (Å²) < 4.78 is 15.2. The van der Waals surface area contributed by atoms with Crippen LogP contribution in [0.4, 0.5) is 10.1 Å². The summed E-state index contributed by atoms with van der Waals surface area (Å²) in [6, 6.07) is 9.20. The number of carbonyl (C=O) groups is 1. The molecule has 0 spiro atoms. The van der Waals surface area contributed by atoms with Gasteiger partial charge in [0.05, 0.1) is 23.5 Å². The van der Waals surface area contributed by atoms with E-state index in [1.165, 1.54) is 0 Å². The van der Waals surface area contributed by atoms with Crippen molar-refractivity contribution in [2.45, 2.75) is 38.5 Å². The lowest BCUT2D eigenvalue weighted by Crippen LogP contribution is -2.35. The average Bonchev–Trinajstić information content (AvgIpc) is 3.34. The predicted octanol–water partition coefficient (Wildman–Crippen LogP) is 3.94. The second-order valence-corrected chi connectivity index (χ2v) is 9.31. The number of fused-ring (bicyclic) bond motifs is 2. The smallest absolute Gasteiger partial charge is 0.238 e. The van der Waals surface area contributed by atoms with Crippen molar-refractivity contribution < 1.29 is 9.18 Å². The number of aromatic nitrogens is 3. The number of pyridine rings is 1. The summed E-state index contributed by atoms with van der Waals surface area (Å²) in [6.07, 6.45) is 3.94. The highest BCUT2D eigenvalue weighted by atomic mass is 35.5. The van der Waals surface area contributed by atoms with Crippen LogP contribution >= 0.6 is 11.6 Å². The summed E-state index contributed by atoms with van der Waals surface area (Å²) in [5.41, 5.74) is 4.11. The van der Waals surface area contributed by atoms with E-state index >= 15 is 0 Å². The molecule has 3 aliphatic rings. The molecule has 3 atom stereocenters. The van der Waals surface area contributed by atoms with Gasteiger partial charge in [-0.3, -0.25) is 14.2 Å². The van der Waals surface area contributed by atoms with Crippen LogP contribution in [0.15, 0.2) is 41.6 Å². The van der Waals surface area contributed by atoms with E-state index < -0.39 is 6.67 Å². The first-order valence-electron chi connectivity index (χ1n) is 10.8. The number of amides is 1. The molecule has 1 saturated heterocycles. The van der Waals surface area contributed by atoms with Gasteiger partial charge in [0, 0.05) is 18.3 Å². The van der Waals surface area contributed by atoms with Gasteiger partial charge < -0.3 is 4.90 Å². The normalized spacial score (nSPS) is 25.1. The molecule has 9 heteroatoms. The second kappa shape index (κ2) is 7.00. The molecule has 164 valence electrons. The standard InChI is InChI=1S/C23H22ClFN6O/c1-12-9-16(11-30-17(10-25)26-27-22(12)30)31-20(14-5-7-15(24)8-6-14)21-18(23(31)32)19(13-3-4-13)28-29(21)2/h5-9,11,13,18,20-21H,3-4,10H2,1-2H3/t18?,20-,21?/m1/s1. The number of alkyl halides is 1. The molecule has 1 saturated carbocycles. The highest BCUT2D eigenvalue weighted by Crippen LogP contribution is 2.49. The third kappa shape index (κ3) is 2.78. The largest absolute Gasteiger partial charge is 0.301 e. The van der Waals surface area contributed by atoms with Crippen molar-refractivity contribution in [1.29, 1.82) is 0 Å². The van der Waals surface area contributed by atoms with Crippen LogP contribution in [0, 0.1) is 18.8 Å². The first-order chi connectivity index (χ1) is 15.5. The van der Waals surface area contributed by atoms with Gasteiger partial charge in [0.2, 0.25) is 5.91 Å². The fourth-order valence-electron chi connectivity index (χ4n) is 5.22. The van der Waals surface area contributed by atoms with Crippen molar-refractivity contribution in [1.82, 2.24) is 19.6 Å². The molecule has 0 radical (unpaired) electrons. The fraction of sp³-hybridized carbons (Fsp3) is 0.391. The van der Waals surface area contributed by atoms with Gasteiger partial charge in [0.1, 0.15) is 12.6 Å². The molecular weight excluding hydrogens is 431 g/mol. The lowest BCUT2D eigenvalue weighted by Gasteiger charge is -2.31. The maximum Gasteiger partial charge on any atom is 0.238 e. The van der Waals surface area contributed by atoms with Crippen LogP contribution in [-0.2, 0) is 11.5 Å². The lowest BCUT2D eigenvalue weighted by atomic mass is 9.89. The van der Waals surface area contributed by atoms with Crippen molar-refractivity contribution in [3.8, 4) is 0 Å². The molecule has 1 aliphatic carbocycles. The van der Waals surface area contributed by atoms with E-state index in [-0.39, 0.29) is 29.7 Å². The molecule has 32 heavy (non-hydrogen) atoms. The van der Waals surface area contributed by atoms with Gasteiger partial charge in [-0.1, -0.05) is 23.7 Å². The number of hydrogen-bond donors (Lipinski definition) is 0. The maximum atomic E-state index is 13.9. The quantitative estimate of drug-likeness (QED) is 0.601. The van der Waals surface area contributed by atoms with E-state index in [0.29, 0.717) is 22.3 Å². The molecule has 4 heterocycles. The zero-order valence-corrected chi connectivity index (χ0v) is 18.5. The Morgan fingerprint density at radius 3 is 2.62 bits per heavy atom. The zero-order chi connectivity index (χ0) is 22.1. The molecule has 2 unspecified atom stereocenters. The summed E-state index contributed by atoms with van der Waals surface area (Å²) in [6.45, 7) is 1.17. The van der Waals surface area contributed by atoms with Gasteiger partial charge in [0.15, 0.2) is 11.5 Å². The van der Waals surface area contributed by atoms with E-state index in [1.54, 1.807) is 10.6 Å². The minimum atomic E-state index is -0.731. The van der Waals surface area contributed by atoms with Crippen LogP contribution in [-0.4, -0.2) is 44.3 Å². The number of rotatable bonds is 4. The van der Waals surface area contributed by atoms with Crippen molar-refractivity contribution in [3.05, 3.63) is 58.5 Å². The Morgan fingerprint density at radius 2 is 1.94 bits per heavy atom. The van der Waals surface area contributed by atoms with Crippen LogP contribution in [0.5, 0.6) is 0 Å². The van der Waals surface area contributed by atoms with Crippen molar-refractivity contribution in [3.63, 3.8) is 0 Å². The number of nitrogens with zero attached hydrogens (tertiary/aromatic N) is 6. The lowest BCUT2D eigenvalue weighted by molar-refractivity contribution is -0.119. The number of carbonyl (C=O) groups excluding carboxylic acids is 1. The predicted molar refractivity (Wildman–Crippen MR) is 119 cm³/mol. The van der Waals surface area contributed by atoms with E-state index in [1.807, 2.05) is 54.2 Å². The SMILES string of the molecule is Cc1cc(N2C(=O)C3C(C4CC4)=NN(C)C3[C@H]2c2ccc(Cl)cc2)cn2c(CF)nnc12. The number of anilines is 1. The summed E-state index contributed by atoms with van der Waals surface area (Å²) in [5, 5.41) is 15.4. The van der Waals surface area contributed by atoms with Crippen LogP contribution in [0.3, 0.4) is 0 Å². The number of likely N-dealkylation sites (N-methyl/N-ethyl adjacent to an activating group) is 1. The summed E-state index contributed by atoms with van der Waals surface area (Å²) >= 11 is 6.15. The van der Waals surface area contributed by atoms with Gasteiger partial charge in [-0.05, 0) is 55.0 Å². The molecule has 7 nitrogen and oxygen atoms in total. The van der Waals surface area contributed by atoms with E-state index in [0.717, 1.165) is 29.7 Å². The first-order valence-corrected chi connectivity index (χ1v) is 11.2. The second-order valence-electron chi connectivity index (χ2n) is 8.87. The Kier molecular flexibility index (Phi) is 4.30. The van der Waals surface area contributed by atoms with Crippen LogP contribution in [0.2, 0.25) is 5.02 Å². The van der Waals surface area contributed by atoms with Crippen LogP contribution in [0.1, 0.15) is 35.8 Å². The molecule has 0 N–H and O–H groups in total. The van der Waals surface area contributed by atoms with Crippen LogP contribution < -0.4 is 4.90 Å². The zero-order valence-electron chi connectivity index (χ0n) is 17.7. The Labute approximate surface area is 189 Å². The Hall–Kier alpha value is -3.00. The summed E-state index contributed by atoms with van der Waals surface area (Å²) in [5.74, 6) is 0.351. The molecule has 2 fully saturated rings. The number of hydrazone groups is 1. The molecule has 2 aromatic heterocycles. The maximum absolute atomic E-state index is 13.9. The molecule has 3 aromatic rings. The van der Waals surface area contributed by atoms with Gasteiger partial charge >= 0.3 is 0 Å². The molecule has 2 aliphatic heterocycles. The molecule has 1 aromatic carbocycles.